The lowest BCUT2D eigenvalue weighted by atomic mass is 10.0. The number of carbonyl (C=O) groups is 1. The summed E-state index contributed by atoms with van der Waals surface area (Å²) < 4.78 is 0. The SMILES string of the molecule is O=C(CS[C@H](c1ccccc1)c1ccc(Cl)cc1)NCc1ncn[nH]1. The summed E-state index contributed by atoms with van der Waals surface area (Å²) in [5.41, 5.74) is 2.27. The first-order valence-corrected chi connectivity index (χ1v) is 9.18. The second-order valence-corrected chi connectivity index (χ2v) is 6.89. The number of amides is 1. The van der Waals surface area contributed by atoms with Crippen LogP contribution in [0.15, 0.2) is 60.9 Å². The molecule has 3 aromatic rings. The van der Waals surface area contributed by atoms with Crippen molar-refractivity contribution in [3.05, 3.63) is 82.9 Å². The van der Waals surface area contributed by atoms with Crippen molar-refractivity contribution >= 4 is 29.3 Å². The van der Waals surface area contributed by atoms with Crippen molar-refractivity contribution in [3.8, 4) is 0 Å². The molecule has 1 atom stereocenters. The minimum Gasteiger partial charge on any atom is -0.348 e. The van der Waals surface area contributed by atoms with Crippen LogP contribution in [0.25, 0.3) is 0 Å². The lowest BCUT2D eigenvalue weighted by Crippen LogP contribution is -2.25. The molecule has 0 aliphatic heterocycles. The fourth-order valence-corrected chi connectivity index (χ4v) is 3.60. The van der Waals surface area contributed by atoms with Crippen molar-refractivity contribution in [2.24, 2.45) is 0 Å². The first kappa shape index (κ1) is 17.5. The molecule has 2 aromatic carbocycles. The van der Waals surface area contributed by atoms with E-state index >= 15 is 0 Å². The van der Waals surface area contributed by atoms with Crippen LogP contribution in [0.3, 0.4) is 0 Å². The molecule has 0 aliphatic rings. The summed E-state index contributed by atoms with van der Waals surface area (Å²) in [5.74, 6) is 0.933. The number of nitrogens with zero attached hydrogens (tertiary/aromatic N) is 2. The number of aromatic amines is 1. The Morgan fingerprint density at radius 2 is 1.84 bits per heavy atom. The number of carbonyl (C=O) groups excluding carboxylic acids is 1. The number of benzene rings is 2. The fourth-order valence-electron chi connectivity index (χ4n) is 2.36. The van der Waals surface area contributed by atoms with E-state index in [9.17, 15) is 4.79 Å². The molecule has 25 heavy (non-hydrogen) atoms. The smallest absolute Gasteiger partial charge is 0.230 e. The zero-order valence-corrected chi connectivity index (χ0v) is 14.9. The van der Waals surface area contributed by atoms with Gasteiger partial charge in [-0.2, -0.15) is 5.10 Å². The molecule has 128 valence electrons. The normalized spacial score (nSPS) is 11.9. The van der Waals surface area contributed by atoms with Gasteiger partial charge in [0.15, 0.2) is 0 Å². The molecule has 2 N–H and O–H groups in total. The summed E-state index contributed by atoms with van der Waals surface area (Å²) in [4.78, 5) is 16.1. The van der Waals surface area contributed by atoms with Crippen LogP contribution < -0.4 is 5.32 Å². The Labute approximate surface area is 155 Å². The zero-order chi connectivity index (χ0) is 17.5. The first-order chi connectivity index (χ1) is 12.2. The second kappa shape index (κ2) is 8.69. The predicted molar refractivity (Wildman–Crippen MR) is 100 cm³/mol. The summed E-state index contributed by atoms with van der Waals surface area (Å²) in [6.45, 7) is 0.344. The van der Waals surface area contributed by atoms with E-state index in [1.165, 1.54) is 6.33 Å². The maximum atomic E-state index is 12.1. The van der Waals surface area contributed by atoms with Crippen LogP contribution in [0, 0.1) is 0 Å². The van der Waals surface area contributed by atoms with E-state index in [0.717, 1.165) is 11.1 Å². The Bertz CT molecular complexity index is 794. The van der Waals surface area contributed by atoms with E-state index in [4.69, 9.17) is 11.6 Å². The summed E-state index contributed by atoms with van der Waals surface area (Å²) in [6, 6.07) is 17.9. The Balaban J connectivity index is 1.65. The van der Waals surface area contributed by atoms with Crippen LogP contribution in [0.5, 0.6) is 0 Å². The van der Waals surface area contributed by atoms with Crippen molar-refractivity contribution in [2.45, 2.75) is 11.8 Å². The van der Waals surface area contributed by atoms with Gasteiger partial charge in [0.05, 0.1) is 17.5 Å². The molecular formula is C18H17ClN4OS. The Morgan fingerprint density at radius 1 is 1.12 bits per heavy atom. The van der Waals surface area contributed by atoms with Gasteiger partial charge in [0.25, 0.3) is 0 Å². The van der Waals surface area contributed by atoms with Crippen molar-refractivity contribution in [2.75, 3.05) is 5.75 Å². The molecule has 0 bridgehead atoms. The van der Waals surface area contributed by atoms with Crippen LogP contribution in [0.1, 0.15) is 22.2 Å². The second-order valence-electron chi connectivity index (χ2n) is 5.36. The zero-order valence-electron chi connectivity index (χ0n) is 13.4. The van der Waals surface area contributed by atoms with Crippen molar-refractivity contribution in [3.63, 3.8) is 0 Å². The van der Waals surface area contributed by atoms with E-state index in [2.05, 4.69) is 32.6 Å². The third-order valence-electron chi connectivity index (χ3n) is 3.57. The monoisotopic (exact) mass is 372 g/mol. The lowest BCUT2D eigenvalue weighted by Gasteiger charge is -2.17. The molecule has 3 rings (SSSR count). The van der Waals surface area contributed by atoms with E-state index in [1.54, 1.807) is 11.8 Å². The van der Waals surface area contributed by atoms with Crippen molar-refractivity contribution in [1.82, 2.24) is 20.5 Å². The average Bonchev–Trinajstić information content (AvgIpc) is 3.16. The Hall–Kier alpha value is -2.31. The number of nitrogens with one attached hydrogen (secondary N) is 2. The van der Waals surface area contributed by atoms with E-state index < -0.39 is 0 Å². The van der Waals surface area contributed by atoms with Crippen LogP contribution in [0.4, 0.5) is 0 Å². The van der Waals surface area contributed by atoms with Gasteiger partial charge in [-0.25, -0.2) is 4.98 Å². The number of aromatic nitrogens is 3. The maximum absolute atomic E-state index is 12.1. The van der Waals surface area contributed by atoms with Gasteiger partial charge in [0.2, 0.25) is 5.91 Å². The molecule has 0 fully saturated rings. The molecule has 1 heterocycles. The highest BCUT2D eigenvalue weighted by molar-refractivity contribution is 8.00. The van der Waals surface area contributed by atoms with E-state index in [-0.39, 0.29) is 11.2 Å². The standard InChI is InChI=1S/C18H17ClN4OS/c19-15-8-6-14(7-9-15)18(13-4-2-1-3-5-13)25-11-17(24)20-10-16-21-12-22-23-16/h1-9,12,18H,10-11H2,(H,20,24)(H,21,22,23)/t18-/m1/s1. The van der Waals surface area contributed by atoms with Gasteiger partial charge in [-0.3, -0.25) is 9.89 Å². The molecular weight excluding hydrogens is 356 g/mol. The van der Waals surface area contributed by atoms with Crippen LogP contribution in [-0.2, 0) is 11.3 Å². The average molecular weight is 373 g/mol. The number of rotatable bonds is 7. The summed E-state index contributed by atoms with van der Waals surface area (Å²) in [7, 11) is 0. The number of halogens is 1. The highest BCUT2D eigenvalue weighted by atomic mass is 35.5. The molecule has 0 unspecified atom stereocenters. The van der Waals surface area contributed by atoms with Gasteiger partial charge in [-0.15, -0.1) is 11.8 Å². The number of hydrogen-bond donors (Lipinski definition) is 2. The van der Waals surface area contributed by atoms with Gasteiger partial charge >= 0.3 is 0 Å². The van der Waals surface area contributed by atoms with Gasteiger partial charge in [0, 0.05) is 5.02 Å². The largest absolute Gasteiger partial charge is 0.348 e. The summed E-state index contributed by atoms with van der Waals surface area (Å²) in [5, 5.41) is 10.1. The molecule has 1 amide bonds. The summed E-state index contributed by atoms with van der Waals surface area (Å²) in [6.07, 6.45) is 1.42. The first-order valence-electron chi connectivity index (χ1n) is 7.75. The topological polar surface area (TPSA) is 70.7 Å². The van der Waals surface area contributed by atoms with Crippen LogP contribution in [0.2, 0.25) is 5.02 Å². The van der Waals surface area contributed by atoms with Crippen molar-refractivity contribution in [1.29, 1.82) is 0 Å². The maximum Gasteiger partial charge on any atom is 0.230 e. The number of thioether (sulfide) groups is 1. The lowest BCUT2D eigenvalue weighted by molar-refractivity contribution is -0.118. The highest BCUT2D eigenvalue weighted by Crippen LogP contribution is 2.35. The van der Waals surface area contributed by atoms with Crippen LogP contribution in [-0.4, -0.2) is 26.8 Å². The third-order valence-corrected chi connectivity index (χ3v) is 5.13. The Kier molecular flexibility index (Phi) is 6.09. The van der Waals surface area contributed by atoms with Gasteiger partial charge in [0.1, 0.15) is 12.2 Å². The Morgan fingerprint density at radius 3 is 2.52 bits per heavy atom. The minimum atomic E-state index is -0.0451. The summed E-state index contributed by atoms with van der Waals surface area (Å²) >= 11 is 7.57. The quantitative estimate of drug-likeness (QED) is 0.664. The number of hydrogen-bond acceptors (Lipinski definition) is 4. The predicted octanol–water partition coefficient (Wildman–Crippen LogP) is 3.60. The molecule has 5 nitrogen and oxygen atoms in total. The molecule has 0 spiro atoms. The van der Waals surface area contributed by atoms with Gasteiger partial charge < -0.3 is 5.32 Å². The van der Waals surface area contributed by atoms with Crippen LogP contribution >= 0.6 is 23.4 Å². The molecule has 0 saturated heterocycles. The van der Waals surface area contributed by atoms with E-state index in [1.807, 2.05) is 42.5 Å². The molecule has 0 aliphatic carbocycles. The molecule has 1 aromatic heterocycles. The van der Waals surface area contributed by atoms with Crippen molar-refractivity contribution < 1.29 is 4.79 Å². The van der Waals surface area contributed by atoms with Gasteiger partial charge in [-0.1, -0.05) is 54.1 Å². The molecule has 0 radical (unpaired) electrons. The number of H-pyrrole nitrogens is 1. The third kappa shape index (κ3) is 5.08. The van der Waals surface area contributed by atoms with Gasteiger partial charge in [-0.05, 0) is 23.3 Å². The highest BCUT2D eigenvalue weighted by Gasteiger charge is 2.16. The van der Waals surface area contributed by atoms with E-state index in [0.29, 0.717) is 23.1 Å². The fraction of sp³-hybridized carbons (Fsp3) is 0.167. The minimum absolute atomic E-state index is 0.0451. The molecule has 7 heteroatoms. The molecule has 0 saturated carbocycles.